The van der Waals surface area contributed by atoms with Gasteiger partial charge in [-0.3, -0.25) is 4.79 Å². The first-order valence-electron chi connectivity index (χ1n) is 6.09. The van der Waals surface area contributed by atoms with Gasteiger partial charge in [-0.1, -0.05) is 48.5 Å². The molecule has 0 spiro atoms. The molecule has 102 valence electrons. The first kappa shape index (κ1) is 17.4. The van der Waals surface area contributed by atoms with Crippen molar-refractivity contribution in [2.45, 2.75) is 20.8 Å². The average molecular weight is 323 g/mol. The molecule has 2 nitrogen and oxygen atoms in total. The average Bonchev–Trinajstić information content (AvgIpc) is 2.47. The molecule has 0 aromatic heterocycles. The number of hydrogen-bond donors (Lipinski definition) is 0. The molecule has 0 aliphatic carbocycles. The van der Waals surface area contributed by atoms with E-state index in [9.17, 15) is 4.79 Å². The van der Waals surface area contributed by atoms with Crippen molar-refractivity contribution < 1.29 is 9.53 Å². The number of aldehydes is 1. The molecule has 1 aromatic rings. The van der Waals surface area contributed by atoms with Crippen LogP contribution in [0.1, 0.15) is 31.1 Å². The van der Waals surface area contributed by atoms with Crippen LogP contribution in [0.15, 0.2) is 59.3 Å². The van der Waals surface area contributed by atoms with Crippen LogP contribution in [0.3, 0.4) is 0 Å². The molecule has 0 saturated heterocycles. The molecular formula is C16H19BrO2. The molecule has 3 heteroatoms. The summed E-state index contributed by atoms with van der Waals surface area (Å²) in [6, 6.07) is 5.26. The number of carbonyl (C=O) groups is 1. The van der Waals surface area contributed by atoms with Gasteiger partial charge in [0.2, 0.25) is 0 Å². The van der Waals surface area contributed by atoms with Crippen LogP contribution < -0.4 is 4.74 Å². The molecule has 0 N–H and O–H groups in total. The standard InChI is InChI=1S/C14H13BrO2.C2H6/c1-3-5-6-12(4-2)17-13-7-8-14(15)11(9-13)10-16;1-2/h3-10H,1H2,2H3;1-2H3/b6-5-,12-4+;. The second-order valence-electron chi connectivity index (χ2n) is 3.19. The van der Waals surface area contributed by atoms with Crippen LogP contribution in [0, 0.1) is 0 Å². The lowest BCUT2D eigenvalue weighted by Gasteiger charge is -2.07. The van der Waals surface area contributed by atoms with Gasteiger partial charge in [-0.05, 0) is 37.3 Å². The Labute approximate surface area is 123 Å². The summed E-state index contributed by atoms with van der Waals surface area (Å²) in [4.78, 5) is 10.8. The molecule has 0 amide bonds. The number of carbonyl (C=O) groups excluding carboxylic acids is 1. The zero-order valence-corrected chi connectivity index (χ0v) is 13.1. The van der Waals surface area contributed by atoms with Gasteiger partial charge in [-0.2, -0.15) is 0 Å². The summed E-state index contributed by atoms with van der Waals surface area (Å²) in [6.07, 6.45) is 7.88. The summed E-state index contributed by atoms with van der Waals surface area (Å²) in [5.74, 6) is 1.32. The van der Waals surface area contributed by atoms with Crippen molar-refractivity contribution >= 4 is 22.2 Å². The highest BCUT2D eigenvalue weighted by atomic mass is 79.9. The molecule has 0 bridgehead atoms. The molecule has 0 saturated carbocycles. The third-order valence-electron chi connectivity index (χ3n) is 2.01. The van der Waals surface area contributed by atoms with E-state index in [1.54, 1.807) is 36.4 Å². The van der Waals surface area contributed by atoms with E-state index in [1.165, 1.54) is 0 Å². The molecule has 0 aliphatic heterocycles. The summed E-state index contributed by atoms with van der Waals surface area (Å²) in [5.41, 5.74) is 0.561. The van der Waals surface area contributed by atoms with Crippen molar-refractivity contribution in [3.63, 3.8) is 0 Å². The number of benzene rings is 1. The highest BCUT2D eigenvalue weighted by Gasteiger charge is 2.02. The number of rotatable bonds is 5. The number of hydrogen-bond acceptors (Lipinski definition) is 2. The quantitative estimate of drug-likeness (QED) is 0.417. The predicted octanol–water partition coefficient (Wildman–Crippen LogP) is 5.31. The molecule has 0 aliphatic rings. The Morgan fingerprint density at radius 2 is 2.05 bits per heavy atom. The van der Waals surface area contributed by atoms with Crippen molar-refractivity contribution in [1.29, 1.82) is 0 Å². The lowest BCUT2D eigenvalue weighted by atomic mass is 10.2. The van der Waals surface area contributed by atoms with Gasteiger partial charge in [0, 0.05) is 10.0 Å². The van der Waals surface area contributed by atoms with Crippen molar-refractivity contribution in [3.8, 4) is 5.75 Å². The number of halogens is 1. The zero-order chi connectivity index (χ0) is 14.7. The lowest BCUT2D eigenvalue weighted by Crippen LogP contribution is -1.93. The van der Waals surface area contributed by atoms with Crippen LogP contribution in [0.25, 0.3) is 0 Å². The maximum absolute atomic E-state index is 10.8. The van der Waals surface area contributed by atoms with Crippen molar-refractivity contribution in [2.75, 3.05) is 0 Å². The molecule has 1 rings (SSSR count). The minimum Gasteiger partial charge on any atom is -0.458 e. The van der Waals surface area contributed by atoms with Crippen molar-refractivity contribution in [2.24, 2.45) is 0 Å². The number of allylic oxidation sites excluding steroid dienone is 4. The summed E-state index contributed by atoms with van der Waals surface area (Å²) in [6.45, 7) is 9.47. The lowest BCUT2D eigenvalue weighted by molar-refractivity contribution is 0.112. The molecule has 0 radical (unpaired) electrons. The van der Waals surface area contributed by atoms with E-state index in [0.29, 0.717) is 17.1 Å². The minimum atomic E-state index is 0.561. The predicted molar refractivity (Wildman–Crippen MR) is 84.6 cm³/mol. The fourth-order valence-corrected chi connectivity index (χ4v) is 1.50. The fourth-order valence-electron chi connectivity index (χ4n) is 1.16. The van der Waals surface area contributed by atoms with Gasteiger partial charge < -0.3 is 4.74 Å². The Morgan fingerprint density at radius 1 is 1.37 bits per heavy atom. The van der Waals surface area contributed by atoms with Crippen LogP contribution in [0.5, 0.6) is 5.75 Å². The Balaban J connectivity index is 0.00000154. The first-order valence-corrected chi connectivity index (χ1v) is 6.88. The summed E-state index contributed by atoms with van der Waals surface area (Å²) in [7, 11) is 0. The van der Waals surface area contributed by atoms with Crippen LogP contribution in [-0.4, -0.2) is 6.29 Å². The third-order valence-corrected chi connectivity index (χ3v) is 2.73. The zero-order valence-electron chi connectivity index (χ0n) is 11.5. The van der Waals surface area contributed by atoms with Gasteiger partial charge in [-0.15, -0.1) is 0 Å². The third kappa shape index (κ3) is 6.20. The van der Waals surface area contributed by atoms with Gasteiger partial charge in [0.05, 0.1) is 0 Å². The Bertz CT molecular complexity index is 474. The van der Waals surface area contributed by atoms with E-state index in [1.807, 2.05) is 26.8 Å². The van der Waals surface area contributed by atoms with Crippen LogP contribution in [0.4, 0.5) is 0 Å². The Morgan fingerprint density at radius 3 is 2.58 bits per heavy atom. The maximum Gasteiger partial charge on any atom is 0.151 e. The largest absolute Gasteiger partial charge is 0.458 e. The smallest absolute Gasteiger partial charge is 0.151 e. The van der Waals surface area contributed by atoms with Gasteiger partial charge in [-0.25, -0.2) is 0 Å². The molecule has 0 fully saturated rings. The Kier molecular flexibility index (Phi) is 9.45. The SMILES string of the molecule is C=C/C=C\C(=C/C)Oc1ccc(Br)c(C=O)c1.CC. The monoisotopic (exact) mass is 322 g/mol. The second kappa shape index (κ2) is 10.3. The second-order valence-corrected chi connectivity index (χ2v) is 4.04. The van der Waals surface area contributed by atoms with E-state index in [0.717, 1.165) is 10.8 Å². The molecule has 0 heterocycles. The van der Waals surface area contributed by atoms with Crippen molar-refractivity contribution in [1.82, 2.24) is 0 Å². The van der Waals surface area contributed by atoms with Crippen LogP contribution in [0.2, 0.25) is 0 Å². The molecule has 19 heavy (non-hydrogen) atoms. The van der Waals surface area contributed by atoms with Gasteiger partial charge in [0.25, 0.3) is 0 Å². The first-order chi connectivity index (χ1) is 9.21. The van der Waals surface area contributed by atoms with E-state index in [4.69, 9.17) is 4.74 Å². The van der Waals surface area contributed by atoms with Gasteiger partial charge in [0.15, 0.2) is 6.29 Å². The summed E-state index contributed by atoms with van der Waals surface area (Å²) < 4.78 is 6.36. The summed E-state index contributed by atoms with van der Waals surface area (Å²) in [5, 5.41) is 0. The van der Waals surface area contributed by atoms with Crippen LogP contribution >= 0.6 is 15.9 Å². The van der Waals surface area contributed by atoms with Gasteiger partial charge >= 0.3 is 0 Å². The maximum atomic E-state index is 10.8. The highest BCUT2D eigenvalue weighted by molar-refractivity contribution is 9.10. The molecule has 0 atom stereocenters. The highest BCUT2D eigenvalue weighted by Crippen LogP contribution is 2.22. The minimum absolute atomic E-state index is 0.561. The van der Waals surface area contributed by atoms with E-state index in [-0.39, 0.29) is 0 Å². The topological polar surface area (TPSA) is 26.3 Å². The number of ether oxygens (including phenoxy) is 1. The van der Waals surface area contributed by atoms with E-state index in [2.05, 4.69) is 22.5 Å². The Hall–Kier alpha value is -1.61. The van der Waals surface area contributed by atoms with E-state index >= 15 is 0 Å². The van der Waals surface area contributed by atoms with Crippen LogP contribution in [-0.2, 0) is 0 Å². The fraction of sp³-hybridized carbons (Fsp3) is 0.188. The molecular weight excluding hydrogens is 304 g/mol. The van der Waals surface area contributed by atoms with Gasteiger partial charge in [0.1, 0.15) is 11.5 Å². The van der Waals surface area contributed by atoms with Crippen molar-refractivity contribution in [3.05, 3.63) is 64.9 Å². The molecule has 0 unspecified atom stereocenters. The summed E-state index contributed by atoms with van der Waals surface area (Å²) >= 11 is 3.29. The normalized spacial score (nSPS) is 10.6. The van der Waals surface area contributed by atoms with E-state index < -0.39 is 0 Å². The molecule has 1 aromatic carbocycles.